The number of amides is 1. The van der Waals surface area contributed by atoms with Crippen molar-refractivity contribution in [2.24, 2.45) is 0 Å². The van der Waals surface area contributed by atoms with Crippen LogP contribution >= 0.6 is 11.8 Å². The summed E-state index contributed by atoms with van der Waals surface area (Å²) in [5, 5.41) is 0. The molecule has 0 aliphatic carbocycles. The van der Waals surface area contributed by atoms with E-state index >= 15 is 0 Å². The molecule has 7 nitrogen and oxygen atoms in total. The summed E-state index contributed by atoms with van der Waals surface area (Å²) in [7, 11) is 0. The highest BCUT2D eigenvalue weighted by Gasteiger charge is 2.30. The fourth-order valence-electron chi connectivity index (χ4n) is 4.01. The lowest BCUT2D eigenvalue weighted by atomic mass is 10.1. The van der Waals surface area contributed by atoms with Gasteiger partial charge in [-0.05, 0) is 45.1 Å². The van der Waals surface area contributed by atoms with Gasteiger partial charge in [0.1, 0.15) is 0 Å². The third kappa shape index (κ3) is 6.43. The third-order valence-electron chi connectivity index (χ3n) is 5.43. The molecule has 2 aliphatic rings. The summed E-state index contributed by atoms with van der Waals surface area (Å²) < 4.78 is 22.9. The topological polar surface area (TPSA) is 60.5 Å². The van der Waals surface area contributed by atoms with Crippen LogP contribution in [0.15, 0.2) is 12.1 Å². The van der Waals surface area contributed by atoms with Crippen LogP contribution in [0.2, 0.25) is 0 Å². The van der Waals surface area contributed by atoms with E-state index in [0.29, 0.717) is 42.6 Å². The molecule has 0 bridgehead atoms. The van der Waals surface area contributed by atoms with Crippen LogP contribution in [0.3, 0.4) is 0 Å². The largest absolute Gasteiger partial charge is 0.490 e. The fourth-order valence-corrected chi connectivity index (χ4v) is 5.06. The van der Waals surface area contributed by atoms with Crippen molar-refractivity contribution < 1.29 is 23.7 Å². The highest BCUT2D eigenvalue weighted by atomic mass is 32.2. The quantitative estimate of drug-likeness (QED) is 0.570. The second-order valence-electron chi connectivity index (χ2n) is 7.59. The Morgan fingerprint density at radius 3 is 2.29 bits per heavy atom. The Balaban J connectivity index is 1.88. The number of hydrogen-bond donors (Lipinski definition) is 0. The van der Waals surface area contributed by atoms with Crippen molar-refractivity contribution in [2.75, 3.05) is 70.7 Å². The maximum absolute atomic E-state index is 13.7. The molecule has 1 amide bonds. The summed E-state index contributed by atoms with van der Waals surface area (Å²) in [4.78, 5) is 18.2. The second-order valence-corrected chi connectivity index (χ2v) is 8.74. The number of benzene rings is 1. The number of hydrogen-bond acceptors (Lipinski definition) is 7. The summed E-state index contributed by atoms with van der Waals surface area (Å²) in [6.07, 6.45) is 1.00. The lowest BCUT2D eigenvalue weighted by Gasteiger charge is -2.35. The van der Waals surface area contributed by atoms with E-state index in [1.54, 1.807) is 0 Å². The Kier molecular flexibility index (Phi) is 9.61. The summed E-state index contributed by atoms with van der Waals surface area (Å²) in [6, 6.07) is 3.79. The van der Waals surface area contributed by atoms with Gasteiger partial charge in [-0.2, -0.15) is 11.8 Å². The molecular weight excluding hydrogens is 416 g/mol. The average Bonchev–Trinajstić information content (AvgIpc) is 3.01. The highest BCUT2D eigenvalue weighted by molar-refractivity contribution is 7.99. The first kappa shape index (κ1) is 24.0. The van der Waals surface area contributed by atoms with Gasteiger partial charge in [0.2, 0.25) is 5.75 Å². The van der Waals surface area contributed by atoms with Crippen molar-refractivity contribution >= 4 is 17.7 Å². The minimum atomic E-state index is 0.0331. The zero-order valence-corrected chi connectivity index (χ0v) is 19.9. The number of carbonyl (C=O) groups is 1. The van der Waals surface area contributed by atoms with Gasteiger partial charge in [-0.3, -0.25) is 9.69 Å². The van der Waals surface area contributed by atoms with E-state index in [1.165, 1.54) is 0 Å². The number of morpholine rings is 1. The third-order valence-corrected chi connectivity index (χ3v) is 6.63. The van der Waals surface area contributed by atoms with Crippen LogP contribution in [0.4, 0.5) is 0 Å². The monoisotopic (exact) mass is 452 g/mol. The Hall–Kier alpha value is -1.64. The maximum Gasteiger partial charge on any atom is 0.254 e. The standard InChI is InChI=1S/C23H36N2O5S/c1-4-28-20-14-18(15-21(29-5-2)22(20)30-6-3)23(26)25-8-7-13-31-17-19(25)16-24-9-11-27-12-10-24/h14-15,19H,4-13,16-17H2,1-3H3. The first-order valence-electron chi connectivity index (χ1n) is 11.4. The average molecular weight is 453 g/mol. The Morgan fingerprint density at radius 1 is 1.03 bits per heavy atom. The molecule has 0 N–H and O–H groups in total. The van der Waals surface area contributed by atoms with E-state index < -0.39 is 0 Å². The number of thioether (sulfide) groups is 1. The van der Waals surface area contributed by atoms with Gasteiger partial charge in [-0.1, -0.05) is 0 Å². The minimum Gasteiger partial charge on any atom is -0.490 e. The molecule has 0 saturated carbocycles. The Morgan fingerprint density at radius 2 is 1.68 bits per heavy atom. The zero-order valence-electron chi connectivity index (χ0n) is 19.1. The molecule has 174 valence electrons. The lowest BCUT2D eigenvalue weighted by Crippen LogP contribution is -2.50. The molecule has 1 atom stereocenters. The Labute approximate surface area is 190 Å². The number of rotatable bonds is 9. The molecular formula is C23H36N2O5S. The summed E-state index contributed by atoms with van der Waals surface area (Å²) in [5.74, 6) is 3.77. The van der Waals surface area contributed by atoms with Gasteiger partial charge in [0.15, 0.2) is 11.5 Å². The van der Waals surface area contributed by atoms with E-state index in [-0.39, 0.29) is 11.9 Å². The van der Waals surface area contributed by atoms with E-state index in [4.69, 9.17) is 18.9 Å². The van der Waals surface area contributed by atoms with Crippen molar-refractivity contribution in [3.63, 3.8) is 0 Å². The predicted molar refractivity (Wildman–Crippen MR) is 124 cm³/mol. The van der Waals surface area contributed by atoms with Crippen molar-refractivity contribution in [3.05, 3.63) is 17.7 Å². The molecule has 3 rings (SSSR count). The molecule has 0 radical (unpaired) electrons. The first-order chi connectivity index (χ1) is 15.2. The van der Waals surface area contributed by atoms with Crippen LogP contribution in [0.5, 0.6) is 17.2 Å². The van der Waals surface area contributed by atoms with E-state index in [9.17, 15) is 4.79 Å². The van der Waals surface area contributed by atoms with E-state index in [0.717, 1.165) is 57.3 Å². The Bertz CT molecular complexity index is 684. The van der Waals surface area contributed by atoms with Gasteiger partial charge in [0, 0.05) is 37.5 Å². The molecule has 31 heavy (non-hydrogen) atoms. The first-order valence-corrected chi connectivity index (χ1v) is 12.6. The molecule has 8 heteroatoms. The predicted octanol–water partition coefficient (Wildman–Crippen LogP) is 3.16. The highest BCUT2D eigenvalue weighted by Crippen LogP contribution is 2.39. The van der Waals surface area contributed by atoms with Crippen LogP contribution in [-0.4, -0.2) is 92.5 Å². The van der Waals surface area contributed by atoms with Gasteiger partial charge in [-0.15, -0.1) is 0 Å². The van der Waals surface area contributed by atoms with Gasteiger partial charge in [-0.25, -0.2) is 0 Å². The smallest absolute Gasteiger partial charge is 0.254 e. The van der Waals surface area contributed by atoms with Gasteiger partial charge in [0.25, 0.3) is 5.91 Å². The molecule has 2 heterocycles. The van der Waals surface area contributed by atoms with Gasteiger partial charge < -0.3 is 23.8 Å². The van der Waals surface area contributed by atoms with Crippen molar-refractivity contribution in [3.8, 4) is 17.2 Å². The summed E-state index contributed by atoms with van der Waals surface area (Å²) in [5.41, 5.74) is 0.592. The zero-order chi connectivity index (χ0) is 22.1. The van der Waals surface area contributed by atoms with Gasteiger partial charge >= 0.3 is 0 Å². The van der Waals surface area contributed by atoms with Crippen molar-refractivity contribution in [2.45, 2.75) is 33.2 Å². The fraction of sp³-hybridized carbons (Fsp3) is 0.696. The van der Waals surface area contributed by atoms with Crippen LogP contribution < -0.4 is 14.2 Å². The molecule has 2 fully saturated rings. The molecule has 1 unspecified atom stereocenters. The van der Waals surface area contributed by atoms with Crippen molar-refractivity contribution in [1.29, 1.82) is 0 Å². The number of ether oxygens (including phenoxy) is 4. The second kappa shape index (κ2) is 12.4. The number of nitrogens with zero attached hydrogens (tertiary/aromatic N) is 2. The van der Waals surface area contributed by atoms with Crippen molar-refractivity contribution in [1.82, 2.24) is 9.80 Å². The normalized spacial score (nSPS) is 20.2. The molecule has 1 aromatic rings. The van der Waals surface area contributed by atoms with Crippen LogP contribution in [0, 0.1) is 0 Å². The SMILES string of the molecule is CCOc1cc(C(=O)N2CCCSCC2CN2CCOCC2)cc(OCC)c1OCC. The molecule has 0 spiro atoms. The molecule has 0 aromatic heterocycles. The molecule has 2 saturated heterocycles. The lowest BCUT2D eigenvalue weighted by molar-refractivity contribution is 0.0245. The molecule has 1 aromatic carbocycles. The van der Waals surface area contributed by atoms with E-state index in [2.05, 4.69) is 9.80 Å². The van der Waals surface area contributed by atoms with Crippen LogP contribution in [-0.2, 0) is 4.74 Å². The maximum atomic E-state index is 13.7. The number of carbonyl (C=O) groups excluding carboxylic acids is 1. The van der Waals surface area contributed by atoms with Gasteiger partial charge in [0.05, 0.1) is 39.1 Å². The van der Waals surface area contributed by atoms with E-state index in [1.807, 2.05) is 44.7 Å². The summed E-state index contributed by atoms with van der Waals surface area (Å²) >= 11 is 1.94. The van der Waals surface area contributed by atoms with Crippen LogP contribution in [0.1, 0.15) is 37.6 Å². The van der Waals surface area contributed by atoms with Crippen LogP contribution in [0.25, 0.3) is 0 Å². The minimum absolute atomic E-state index is 0.0331. The summed E-state index contributed by atoms with van der Waals surface area (Å²) in [6.45, 7) is 12.3. The molecule has 2 aliphatic heterocycles.